The van der Waals surface area contributed by atoms with Crippen molar-refractivity contribution in [1.82, 2.24) is 10.5 Å². The maximum atomic E-state index is 11.8. The summed E-state index contributed by atoms with van der Waals surface area (Å²) in [5.41, 5.74) is 3.60. The van der Waals surface area contributed by atoms with Crippen molar-refractivity contribution in [3.63, 3.8) is 0 Å². The summed E-state index contributed by atoms with van der Waals surface area (Å²) in [6.07, 6.45) is 5.41. The van der Waals surface area contributed by atoms with E-state index < -0.39 is 4.92 Å². The van der Waals surface area contributed by atoms with E-state index in [1.165, 1.54) is 18.4 Å². The Morgan fingerprint density at radius 3 is 2.71 bits per heavy atom. The van der Waals surface area contributed by atoms with Crippen LogP contribution in [-0.2, 0) is 16.2 Å². The molecule has 24 heavy (non-hydrogen) atoms. The van der Waals surface area contributed by atoms with Crippen molar-refractivity contribution in [3.8, 4) is 11.5 Å². The Morgan fingerprint density at radius 2 is 2.04 bits per heavy atom. The molecule has 1 amide bonds. The third kappa shape index (κ3) is 3.77. The summed E-state index contributed by atoms with van der Waals surface area (Å²) in [5.74, 6) is 0.287. The van der Waals surface area contributed by atoms with Gasteiger partial charge in [0.15, 0.2) is 0 Å². The minimum absolute atomic E-state index is 0.00323. The first-order valence-corrected chi connectivity index (χ1v) is 7.74. The molecule has 2 aromatic rings. The van der Waals surface area contributed by atoms with Crippen molar-refractivity contribution in [1.29, 1.82) is 0 Å². The number of nitrogens with zero attached hydrogens (tertiary/aromatic N) is 2. The molecule has 126 valence electrons. The molecule has 0 spiro atoms. The fraction of sp³-hybridized carbons (Fsp3) is 0.375. The number of amides is 1. The smallest absolute Gasteiger partial charge is 0.269 e. The van der Waals surface area contributed by atoms with E-state index in [-0.39, 0.29) is 24.1 Å². The van der Waals surface area contributed by atoms with Crippen LogP contribution >= 0.6 is 0 Å². The van der Waals surface area contributed by atoms with Gasteiger partial charge >= 0.3 is 0 Å². The predicted octanol–water partition coefficient (Wildman–Crippen LogP) is 2.99. The highest BCUT2D eigenvalue weighted by atomic mass is 16.7. The van der Waals surface area contributed by atoms with Gasteiger partial charge in [-0.1, -0.05) is 12.8 Å². The van der Waals surface area contributed by atoms with Crippen LogP contribution in [0.2, 0.25) is 0 Å². The molecule has 1 N–H and O–H groups in total. The van der Waals surface area contributed by atoms with E-state index in [1.54, 1.807) is 12.1 Å². The van der Waals surface area contributed by atoms with E-state index >= 15 is 0 Å². The van der Waals surface area contributed by atoms with Crippen molar-refractivity contribution >= 4 is 11.6 Å². The molecular formula is C16H17N3O5. The standard InChI is InChI=1S/C16H17N3O5/c20-15(11-3-1-2-4-11)18-24-10-13-9-23-16(17-13)12-5-7-14(8-6-12)19(21)22/h5-9,11H,1-4,10H2,(H,18,20). The van der Waals surface area contributed by atoms with E-state index in [0.29, 0.717) is 17.1 Å². The summed E-state index contributed by atoms with van der Waals surface area (Å²) in [4.78, 5) is 31.4. The summed E-state index contributed by atoms with van der Waals surface area (Å²) in [6, 6.07) is 5.90. The number of hydrogen-bond donors (Lipinski definition) is 1. The minimum atomic E-state index is -0.467. The Labute approximate surface area is 137 Å². The summed E-state index contributed by atoms with van der Waals surface area (Å²) < 4.78 is 5.33. The van der Waals surface area contributed by atoms with Crippen LogP contribution < -0.4 is 5.48 Å². The first-order valence-electron chi connectivity index (χ1n) is 7.74. The second-order valence-corrected chi connectivity index (χ2v) is 5.68. The number of rotatable bonds is 6. The normalized spacial score (nSPS) is 14.7. The highest BCUT2D eigenvalue weighted by Gasteiger charge is 2.22. The van der Waals surface area contributed by atoms with Gasteiger partial charge in [0.2, 0.25) is 11.8 Å². The molecule has 1 aromatic carbocycles. The van der Waals surface area contributed by atoms with Crippen molar-refractivity contribution < 1.29 is 19.0 Å². The van der Waals surface area contributed by atoms with Gasteiger partial charge in [0.1, 0.15) is 18.6 Å². The van der Waals surface area contributed by atoms with E-state index in [2.05, 4.69) is 10.5 Å². The molecule has 1 heterocycles. The number of non-ortho nitro benzene ring substituents is 1. The summed E-state index contributed by atoms with van der Waals surface area (Å²) in [7, 11) is 0. The average molecular weight is 331 g/mol. The zero-order valence-electron chi connectivity index (χ0n) is 12.9. The number of hydrogen-bond acceptors (Lipinski definition) is 6. The van der Waals surface area contributed by atoms with Crippen molar-refractivity contribution in [2.24, 2.45) is 5.92 Å². The molecule has 0 unspecified atom stereocenters. The van der Waals surface area contributed by atoms with Crippen LogP contribution in [0.15, 0.2) is 34.9 Å². The molecule has 1 aliphatic carbocycles. The summed E-state index contributed by atoms with van der Waals surface area (Å²) in [5, 5.41) is 10.6. The van der Waals surface area contributed by atoms with Crippen LogP contribution in [0.3, 0.4) is 0 Å². The van der Waals surface area contributed by atoms with Crippen LogP contribution in [0.25, 0.3) is 11.5 Å². The van der Waals surface area contributed by atoms with Crippen LogP contribution in [0, 0.1) is 16.0 Å². The van der Waals surface area contributed by atoms with Crippen molar-refractivity contribution in [3.05, 3.63) is 46.3 Å². The zero-order chi connectivity index (χ0) is 16.9. The van der Waals surface area contributed by atoms with Gasteiger partial charge in [-0.2, -0.15) is 0 Å². The molecular weight excluding hydrogens is 314 g/mol. The molecule has 1 aromatic heterocycles. The van der Waals surface area contributed by atoms with Gasteiger partial charge in [-0.15, -0.1) is 0 Å². The van der Waals surface area contributed by atoms with Gasteiger partial charge in [0, 0.05) is 23.6 Å². The average Bonchev–Trinajstić information content (AvgIpc) is 3.27. The van der Waals surface area contributed by atoms with Crippen molar-refractivity contribution in [2.45, 2.75) is 32.3 Å². The molecule has 8 nitrogen and oxygen atoms in total. The van der Waals surface area contributed by atoms with Gasteiger partial charge < -0.3 is 4.42 Å². The SMILES string of the molecule is O=C(NOCc1coc(-c2ccc([N+](=O)[O-])cc2)n1)C1CCCC1. The molecule has 0 radical (unpaired) electrons. The van der Waals surface area contributed by atoms with Gasteiger partial charge in [-0.3, -0.25) is 19.7 Å². The Morgan fingerprint density at radius 1 is 1.33 bits per heavy atom. The lowest BCUT2D eigenvalue weighted by molar-refractivity contribution is -0.384. The number of nitrogens with one attached hydrogen (secondary N) is 1. The molecule has 3 rings (SSSR count). The zero-order valence-corrected chi connectivity index (χ0v) is 12.9. The molecule has 1 aliphatic rings. The van der Waals surface area contributed by atoms with Gasteiger partial charge in [0.05, 0.1) is 4.92 Å². The van der Waals surface area contributed by atoms with E-state index in [4.69, 9.17) is 9.25 Å². The largest absolute Gasteiger partial charge is 0.444 e. The quantitative estimate of drug-likeness (QED) is 0.644. The Balaban J connectivity index is 1.53. The topological polar surface area (TPSA) is 108 Å². The maximum absolute atomic E-state index is 11.8. The fourth-order valence-corrected chi connectivity index (χ4v) is 2.68. The lowest BCUT2D eigenvalue weighted by Gasteiger charge is -2.09. The van der Waals surface area contributed by atoms with Crippen molar-refractivity contribution in [2.75, 3.05) is 0 Å². The number of aromatic nitrogens is 1. The maximum Gasteiger partial charge on any atom is 0.269 e. The third-order valence-corrected chi connectivity index (χ3v) is 4.00. The molecule has 1 fully saturated rings. The van der Waals surface area contributed by atoms with Gasteiger partial charge in [-0.25, -0.2) is 10.5 Å². The van der Waals surface area contributed by atoms with Crippen LogP contribution in [0.5, 0.6) is 0 Å². The second-order valence-electron chi connectivity index (χ2n) is 5.68. The number of nitro benzene ring substituents is 1. The van der Waals surface area contributed by atoms with Gasteiger partial charge in [-0.05, 0) is 25.0 Å². The first kappa shape index (κ1) is 16.1. The number of oxazole rings is 1. The number of hydroxylamine groups is 1. The third-order valence-electron chi connectivity index (χ3n) is 4.00. The van der Waals surface area contributed by atoms with Gasteiger partial charge in [0.25, 0.3) is 5.69 Å². The Hall–Kier alpha value is -2.74. The fourth-order valence-electron chi connectivity index (χ4n) is 2.68. The molecule has 0 bridgehead atoms. The second kappa shape index (κ2) is 7.22. The van der Waals surface area contributed by atoms with E-state index in [9.17, 15) is 14.9 Å². The highest BCUT2D eigenvalue weighted by Crippen LogP contribution is 2.25. The van der Waals surface area contributed by atoms with E-state index in [1.807, 2.05) is 0 Å². The van der Waals surface area contributed by atoms with Crippen LogP contribution in [-0.4, -0.2) is 15.8 Å². The summed E-state index contributed by atoms with van der Waals surface area (Å²) >= 11 is 0. The Bertz CT molecular complexity index is 720. The minimum Gasteiger partial charge on any atom is -0.444 e. The van der Waals surface area contributed by atoms with Crippen LogP contribution in [0.4, 0.5) is 5.69 Å². The number of nitro groups is 1. The molecule has 8 heteroatoms. The molecule has 0 aliphatic heterocycles. The first-order chi connectivity index (χ1) is 11.6. The number of benzene rings is 1. The molecule has 1 saturated carbocycles. The number of carbonyl (C=O) groups excluding carboxylic acids is 1. The number of carbonyl (C=O) groups is 1. The Kier molecular flexibility index (Phi) is 4.85. The van der Waals surface area contributed by atoms with Crippen LogP contribution in [0.1, 0.15) is 31.4 Å². The summed E-state index contributed by atoms with van der Waals surface area (Å²) in [6.45, 7) is 0.0922. The lowest BCUT2D eigenvalue weighted by Crippen LogP contribution is -2.29. The van der Waals surface area contributed by atoms with E-state index in [0.717, 1.165) is 25.7 Å². The monoisotopic (exact) mass is 331 g/mol. The highest BCUT2D eigenvalue weighted by molar-refractivity contribution is 5.77. The predicted molar refractivity (Wildman–Crippen MR) is 83.5 cm³/mol. The lowest BCUT2D eigenvalue weighted by atomic mass is 10.1. The molecule has 0 atom stereocenters. The molecule has 0 saturated heterocycles.